The quantitative estimate of drug-likeness (QED) is 0.506. The molecule has 0 unspecified atom stereocenters. The van der Waals surface area contributed by atoms with Crippen LogP contribution in [0.15, 0.2) is 11.6 Å². The van der Waals surface area contributed by atoms with Crippen LogP contribution in [0.25, 0.3) is 0 Å². The van der Waals surface area contributed by atoms with Gasteiger partial charge in [-0.1, -0.05) is 19.8 Å². The molecular weight excluding hydrogens is 343 g/mol. The Kier molecular flexibility index (Phi) is 4.11. The van der Waals surface area contributed by atoms with Gasteiger partial charge in [-0.05, 0) is 73.3 Å². The summed E-state index contributed by atoms with van der Waals surface area (Å²) in [5, 5.41) is 0. The molecule has 0 aromatic heterocycles. The van der Waals surface area contributed by atoms with Crippen molar-refractivity contribution in [3.05, 3.63) is 11.6 Å². The predicted octanol–water partition coefficient (Wildman–Crippen LogP) is 4.40. The van der Waals surface area contributed by atoms with E-state index in [0.29, 0.717) is 25.2 Å². The highest BCUT2D eigenvalue weighted by molar-refractivity contribution is 5.91. The number of alkyl halides is 1. The van der Waals surface area contributed by atoms with Crippen molar-refractivity contribution >= 4 is 11.8 Å². The minimum absolute atomic E-state index is 0.0614. The summed E-state index contributed by atoms with van der Waals surface area (Å²) in [5.41, 5.74) is -0.693. The molecule has 3 saturated carbocycles. The lowest BCUT2D eigenvalue weighted by atomic mass is 9.46. The fraction of sp³-hybridized carbons (Fsp3) is 0.739. The van der Waals surface area contributed by atoms with Gasteiger partial charge < -0.3 is 4.74 Å². The molecule has 3 fully saturated rings. The van der Waals surface area contributed by atoms with E-state index >= 15 is 4.39 Å². The summed E-state index contributed by atoms with van der Waals surface area (Å²) in [5.74, 6) is 3.40. The fourth-order valence-electron chi connectivity index (χ4n) is 7.24. The minimum Gasteiger partial charge on any atom is -0.445 e. The Balaban J connectivity index is 1.72. The number of esters is 1. The average molecular weight is 372 g/mol. The molecule has 0 aromatic carbocycles. The topological polar surface area (TPSA) is 43.4 Å². The van der Waals surface area contributed by atoms with Gasteiger partial charge in [0.1, 0.15) is 6.17 Å². The van der Waals surface area contributed by atoms with E-state index in [-0.39, 0.29) is 34.4 Å². The first kappa shape index (κ1) is 18.7. The van der Waals surface area contributed by atoms with Gasteiger partial charge in [-0.25, -0.2) is 4.39 Å². The van der Waals surface area contributed by atoms with Crippen molar-refractivity contribution < 1.29 is 18.7 Å². The molecule has 4 heteroatoms. The lowest BCUT2D eigenvalue weighted by Gasteiger charge is -2.59. The normalized spacial score (nSPS) is 48.6. The Morgan fingerprint density at radius 3 is 2.63 bits per heavy atom. The van der Waals surface area contributed by atoms with Crippen LogP contribution in [-0.2, 0) is 14.3 Å². The van der Waals surface area contributed by atoms with E-state index in [2.05, 4.69) is 19.8 Å². The molecule has 27 heavy (non-hydrogen) atoms. The fourth-order valence-corrected chi connectivity index (χ4v) is 7.24. The molecule has 4 aliphatic rings. The molecule has 7 atom stereocenters. The molecule has 4 aliphatic carbocycles. The van der Waals surface area contributed by atoms with Gasteiger partial charge in [-0.2, -0.15) is 0 Å². The second kappa shape index (κ2) is 5.93. The summed E-state index contributed by atoms with van der Waals surface area (Å²) in [6, 6.07) is 0. The number of hydrogen-bond donors (Lipinski definition) is 0. The van der Waals surface area contributed by atoms with Crippen molar-refractivity contribution in [2.75, 3.05) is 0 Å². The van der Waals surface area contributed by atoms with Gasteiger partial charge in [0.25, 0.3) is 0 Å². The molecule has 0 aliphatic heterocycles. The molecule has 0 aromatic rings. The molecule has 0 radical (unpaired) electrons. The van der Waals surface area contributed by atoms with E-state index in [1.165, 1.54) is 6.92 Å². The molecule has 146 valence electrons. The first-order valence-electron chi connectivity index (χ1n) is 10.2. The largest absolute Gasteiger partial charge is 0.445 e. The van der Waals surface area contributed by atoms with Gasteiger partial charge in [-0.3, -0.25) is 9.59 Å². The van der Waals surface area contributed by atoms with Crippen molar-refractivity contribution in [2.24, 2.45) is 28.6 Å². The second-order valence-corrected chi connectivity index (χ2v) is 9.62. The number of ether oxygens (including phenoxy) is 1. The summed E-state index contributed by atoms with van der Waals surface area (Å²) in [6.07, 6.45) is 11.5. The number of carbonyl (C=O) groups is 2. The van der Waals surface area contributed by atoms with Gasteiger partial charge in [0.2, 0.25) is 0 Å². The first-order chi connectivity index (χ1) is 12.7. The lowest BCUT2D eigenvalue weighted by molar-refractivity contribution is -0.170. The molecule has 4 rings (SSSR count). The van der Waals surface area contributed by atoms with Crippen LogP contribution in [0.2, 0.25) is 0 Å². The number of carbonyl (C=O) groups excluding carboxylic acids is 2. The highest BCUT2D eigenvalue weighted by Gasteiger charge is 2.66. The third-order valence-corrected chi connectivity index (χ3v) is 8.61. The first-order valence-corrected chi connectivity index (χ1v) is 10.2. The summed E-state index contributed by atoms with van der Waals surface area (Å²) >= 11 is 0. The van der Waals surface area contributed by atoms with Crippen LogP contribution in [0.3, 0.4) is 0 Å². The van der Waals surface area contributed by atoms with Crippen molar-refractivity contribution in [2.45, 2.75) is 77.5 Å². The van der Waals surface area contributed by atoms with Gasteiger partial charge in [0.05, 0.1) is 0 Å². The lowest BCUT2D eigenvalue weighted by Crippen LogP contribution is -2.57. The summed E-state index contributed by atoms with van der Waals surface area (Å²) < 4.78 is 21.0. The van der Waals surface area contributed by atoms with E-state index in [1.807, 2.05) is 0 Å². The van der Waals surface area contributed by atoms with Crippen LogP contribution in [0.4, 0.5) is 4.39 Å². The monoisotopic (exact) mass is 372 g/mol. The zero-order chi connectivity index (χ0) is 19.6. The Hall–Kier alpha value is -1.63. The Morgan fingerprint density at radius 1 is 1.26 bits per heavy atom. The summed E-state index contributed by atoms with van der Waals surface area (Å²) in [4.78, 5) is 23.7. The Morgan fingerprint density at radius 2 is 1.96 bits per heavy atom. The summed E-state index contributed by atoms with van der Waals surface area (Å²) in [7, 11) is 0. The SMILES string of the molecule is C#C[C@]1(OC(C)=O)CC[C@H]2[C@@H]3C[C@H](F)C4=CC(=O)CC[C@]4(C)[C@H]3CC[C@@]21C. The van der Waals surface area contributed by atoms with E-state index in [0.717, 1.165) is 31.3 Å². The number of terminal acetylenes is 1. The maximum atomic E-state index is 15.2. The van der Waals surface area contributed by atoms with Crippen LogP contribution in [0, 0.1) is 40.9 Å². The third kappa shape index (κ3) is 2.39. The predicted molar refractivity (Wildman–Crippen MR) is 100 cm³/mol. The van der Waals surface area contributed by atoms with Crippen LogP contribution < -0.4 is 0 Å². The molecule has 0 spiro atoms. The minimum atomic E-state index is -1.06. The van der Waals surface area contributed by atoms with Crippen molar-refractivity contribution in [1.29, 1.82) is 0 Å². The standard InChI is InChI=1S/C23H29FO3/c1-5-23(27-14(2)25)11-8-18-16-13-20(24)19-12-15(26)6-9-21(19,3)17(16)7-10-22(18,23)4/h1,12,16-18,20H,6-11,13H2,2-4H3/t16-,17+,18+,20+,21-,22+,23+/m1/s1. The van der Waals surface area contributed by atoms with Crippen LogP contribution in [0.1, 0.15) is 65.7 Å². The van der Waals surface area contributed by atoms with Crippen molar-refractivity contribution in [3.8, 4) is 12.3 Å². The molecular formula is C23H29FO3. The van der Waals surface area contributed by atoms with E-state index < -0.39 is 11.8 Å². The molecule has 0 amide bonds. The number of fused-ring (bicyclic) bond motifs is 5. The number of rotatable bonds is 1. The number of halogens is 1. The Bertz CT molecular complexity index is 764. The average Bonchev–Trinajstić information content (AvgIpc) is 2.89. The van der Waals surface area contributed by atoms with E-state index in [9.17, 15) is 9.59 Å². The van der Waals surface area contributed by atoms with Crippen molar-refractivity contribution in [3.63, 3.8) is 0 Å². The van der Waals surface area contributed by atoms with Gasteiger partial charge in [-0.15, -0.1) is 6.42 Å². The molecule has 0 N–H and O–H groups in total. The molecule has 0 heterocycles. The highest BCUT2D eigenvalue weighted by Crippen LogP contribution is 2.68. The smallest absolute Gasteiger partial charge is 0.304 e. The van der Waals surface area contributed by atoms with E-state index in [1.54, 1.807) is 6.08 Å². The molecule has 0 saturated heterocycles. The third-order valence-electron chi connectivity index (χ3n) is 8.61. The van der Waals surface area contributed by atoms with Gasteiger partial charge >= 0.3 is 5.97 Å². The summed E-state index contributed by atoms with van der Waals surface area (Å²) in [6.45, 7) is 5.72. The van der Waals surface area contributed by atoms with Gasteiger partial charge in [0, 0.05) is 18.8 Å². The molecule has 3 nitrogen and oxygen atoms in total. The van der Waals surface area contributed by atoms with Crippen LogP contribution in [-0.4, -0.2) is 23.5 Å². The number of allylic oxidation sites excluding steroid dienone is 1. The van der Waals surface area contributed by atoms with Gasteiger partial charge in [0.15, 0.2) is 11.4 Å². The van der Waals surface area contributed by atoms with E-state index in [4.69, 9.17) is 11.2 Å². The van der Waals surface area contributed by atoms with Crippen molar-refractivity contribution in [1.82, 2.24) is 0 Å². The zero-order valence-corrected chi connectivity index (χ0v) is 16.5. The van der Waals surface area contributed by atoms with Crippen LogP contribution in [0.5, 0.6) is 0 Å². The Labute approximate surface area is 161 Å². The van der Waals surface area contributed by atoms with Crippen LogP contribution >= 0.6 is 0 Å². The number of ketones is 1. The maximum absolute atomic E-state index is 15.2. The number of hydrogen-bond acceptors (Lipinski definition) is 3. The second-order valence-electron chi connectivity index (χ2n) is 9.62. The molecule has 0 bridgehead atoms. The zero-order valence-electron chi connectivity index (χ0n) is 16.5. The highest BCUT2D eigenvalue weighted by atomic mass is 19.1. The maximum Gasteiger partial charge on any atom is 0.304 e.